The minimum Gasteiger partial charge on any atom is -0.323 e. The molecule has 0 aliphatic heterocycles. The summed E-state index contributed by atoms with van der Waals surface area (Å²) in [6.45, 7) is 0. The average molecular weight is 300 g/mol. The first-order valence-corrected chi connectivity index (χ1v) is 7.01. The minimum atomic E-state index is -0.612. The molecule has 0 aliphatic carbocycles. The molecule has 0 heterocycles. The van der Waals surface area contributed by atoms with Crippen LogP contribution in [0.5, 0.6) is 0 Å². The highest BCUT2D eigenvalue weighted by molar-refractivity contribution is 7.99. The van der Waals surface area contributed by atoms with Gasteiger partial charge in [-0.1, -0.05) is 23.7 Å². The quantitative estimate of drug-likeness (QED) is 0.846. The monoisotopic (exact) mass is 299 g/mol. The molecule has 1 nitrogen and oxygen atoms in total. The van der Waals surface area contributed by atoms with Crippen molar-refractivity contribution in [2.24, 2.45) is 5.73 Å². The minimum absolute atomic E-state index is 0.316. The molecule has 0 aromatic heterocycles. The lowest BCUT2D eigenvalue weighted by Crippen LogP contribution is -2.14. The summed E-state index contributed by atoms with van der Waals surface area (Å²) < 4.78 is 26.3. The number of nitrogens with two attached hydrogens (primary N) is 1. The van der Waals surface area contributed by atoms with Crippen molar-refractivity contribution in [2.75, 3.05) is 5.75 Å². The van der Waals surface area contributed by atoms with Crippen LogP contribution < -0.4 is 5.73 Å². The molecule has 2 aromatic rings. The van der Waals surface area contributed by atoms with E-state index in [4.69, 9.17) is 17.3 Å². The van der Waals surface area contributed by atoms with Gasteiger partial charge in [-0.05, 0) is 24.3 Å². The molecule has 5 heteroatoms. The molecule has 1 unspecified atom stereocenters. The first-order valence-electron chi connectivity index (χ1n) is 5.65. The van der Waals surface area contributed by atoms with E-state index in [1.807, 2.05) is 18.2 Å². The van der Waals surface area contributed by atoms with Crippen molar-refractivity contribution in [3.8, 4) is 0 Å². The molecule has 0 saturated carbocycles. The Hall–Kier alpha value is -1.10. The molecule has 0 radical (unpaired) electrons. The molecule has 0 bridgehead atoms. The molecule has 0 amide bonds. The van der Waals surface area contributed by atoms with Crippen LogP contribution in [0.2, 0.25) is 5.02 Å². The zero-order valence-electron chi connectivity index (χ0n) is 9.95. The van der Waals surface area contributed by atoms with Gasteiger partial charge in [0.15, 0.2) is 0 Å². The Morgan fingerprint density at radius 1 is 1.16 bits per heavy atom. The molecule has 1 atom stereocenters. The van der Waals surface area contributed by atoms with E-state index in [1.165, 1.54) is 23.9 Å². The van der Waals surface area contributed by atoms with Crippen LogP contribution in [0, 0.1) is 11.6 Å². The van der Waals surface area contributed by atoms with Crippen molar-refractivity contribution in [1.29, 1.82) is 0 Å². The van der Waals surface area contributed by atoms with Gasteiger partial charge in [-0.3, -0.25) is 0 Å². The maximum Gasteiger partial charge on any atom is 0.130 e. The number of benzene rings is 2. The second-order valence-corrected chi connectivity index (χ2v) is 5.57. The van der Waals surface area contributed by atoms with E-state index in [-0.39, 0.29) is 0 Å². The van der Waals surface area contributed by atoms with Gasteiger partial charge < -0.3 is 5.73 Å². The Labute approximate surface area is 119 Å². The van der Waals surface area contributed by atoms with Gasteiger partial charge in [-0.15, -0.1) is 11.8 Å². The van der Waals surface area contributed by atoms with Crippen molar-refractivity contribution >= 4 is 23.4 Å². The summed E-state index contributed by atoms with van der Waals surface area (Å²) in [6, 6.07) is 10.3. The number of hydrogen-bond acceptors (Lipinski definition) is 2. The van der Waals surface area contributed by atoms with Crippen LogP contribution in [0.15, 0.2) is 47.4 Å². The molecule has 19 heavy (non-hydrogen) atoms. The summed E-state index contributed by atoms with van der Waals surface area (Å²) in [5.74, 6) is -0.724. The van der Waals surface area contributed by atoms with Gasteiger partial charge in [0.2, 0.25) is 0 Å². The van der Waals surface area contributed by atoms with Crippen LogP contribution in [0.4, 0.5) is 8.78 Å². The van der Waals surface area contributed by atoms with Gasteiger partial charge in [0.05, 0.1) is 0 Å². The Morgan fingerprint density at radius 2 is 1.95 bits per heavy atom. The van der Waals surface area contributed by atoms with E-state index >= 15 is 0 Å². The standard InChI is InChI=1S/C14H12ClF2NS/c15-9-2-1-3-11(6-9)19-8-14(18)12-5-4-10(16)7-13(12)17/h1-7,14H,8,18H2. The third-order valence-electron chi connectivity index (χ3n) is 2.59. The first kappa shape index (κ1) is 14.3. The molecule has 0 fully saturated rings. The fraction of sp³-hybridized carbons (Fsp3) is 0.143. The Balaban J connectivity index is 2.03. The van der Waals surface area contributed by atoms with Crippen LogP contribution >= 0.6 is 23.4 Å². The van der Waals surface area contributed by atoms with Gasteiger partial charge in [-0.2, -0.15) is 0 Å². The zero-order valence-corrected chi connectivity index (χ0v) is 11.5. The van der Waals surface area contributed by atoms with Gasteiger partial charge in [0.1, 0.15) is 11.6 Å². The highest BCUT2D eigenvalue weighted by atomic mass is 35.5. The van der Waals surface area contributed by atoms with Gasteiger partial charge in [0, 0.05) is 33.3 Å². The van der Waals surface area contributed by atoms with Crippen molar-refractivity contribution in [3.05, 3.63) is 64.7 Å². The molecule has 2 rings (SSSR count). The zero-order chi connectivity index (χ0) is 13.8. The van der Waals surface area contributed by atoms with Crippen LogP contribution in [-0.4, -0.2) is 5.75 Å². The molecule has 100 valence electrons. The molecule has 2 aromatic carbocycles. The third kappa shape index (κ3) is 3.93. The van der Waals surface area contributed by atoms with E-state index in [9.17, 15) is 8.78 Å². The second-order valence-electron chi connectivity index (χ2n) is 4.04. The summed E-state index contributed by atoms with van der Waals surface area (Å²) in [5.41, 5.74) is 6.23. The highest BCUT2D eigenvalue weighted by Gasteiger charge is 2.12. The van der Waals surface area contributed by atoms with Crippen LogP contribution in [0.25, 0.3) is 0 Å². The van der Waals surface area contributed by atoms with E-state index in [1.54, 1.807) is 6.07 Å². The maximum absolute atomic E-state index is 13.5. The molecule has 2 N–H and O–H groups in total. The maximum atomic E-state index is 13.5. The second kappa shape index (κ2) is 6.37. The van der Waals surface area contributed by atoms with E-state index in [0.717, 1.165) is 11.0 Å². The lowest BCUT2D eigenvalue weighted by atomic mass is 10.1. The van der Waals surface area contributed by atoms with Crippen molar-refractivity contribution in [2.45, 2.75) is 10.9 Å². The van der Waals surface area contributed by atoms with Gasteiger partial charge >= 0.3 is 0 Å². The molecular formula is C14H12ClF2NS. The Kier molecular flexibility index (Phi) is 4.80. The van der Waals surface area contributed by atoms with Crippen molar-refractivity contribution in [3.63, 3.8) is 0 Å². The largest absolute Gasteiger partial charge is 0.323 e. The molecule has 0 spiro atoms. The topological polar surface area (TPSA) is 26.0 Å². The SMILES string of the molecule is NC(CSc1cccc(Cl)c1)c1ccc(F)cc1F. The summed E-state index contributed by atoms with van der Waals surface area (Å²) in [5, 5.41) is 0.645. The van der Waals surface area contributed by atoms with Crippen LogP contribution in [0.1, 0.15) is 11.6 Å². The van der Waals surface area contributed by atoms with Gasteiger partial charge in [0.25, 0.3) is 0 Å². The van der Waals surface area contributed by atoms with E-state index in [2.05, 4.69) is 0 Å². The lowest BCUT2D eigenvalue weighted by Gasteiger charge is -2.12. The Morgan fingerprint density at radius 3 is 2.63 bits per heavy atom. The fourth-order valence-corrected chi connectivity index (χ4v) is 2.83. The fourth-order valence-electron chi connectivity index (χ4n) is 1.63. The highest BCUT2D eigenvalue weighted by Crippen LogP contribution is 2.26. The van der Waals surface area contributed by atoms with Gasteiger partial charge in [-0.25, -0.2) is 8.78 Å². The summed E-state index contributed by atoms with van der Waals surface area (Å²) in [4.78, 5) is 0.963. The van der Waals surface area contributed by atoms with E-state index in [0.29, 0.717) is 16.3 Å². The van der Waals surface area contributed by atoms with E-state index < -0.39 is 17.7 Å². The number of thioether (sulfide) groups is 1. The number of rotatable bonds is 4. The predicted octanol–water partition coefficient (Wildman–Crippen LogP) is 4.41. The smallest absolute Gasteiger partial charge is 0.130 e. The van der Waals surface area contributed by atoms with Crippen LogP contribution in [0.3, 0.4) is 0 Å². The molecule has 0 saturated heterocycles. The average Bonchev–Trinajstić information content (AvgIpc) is 2.36. The van der Waals surface area contributed by atoms with Crippen molar-refractivity contribution < 1.29 is 8.78 Å². The number of halogens is 3. The predicted molar refractivity (Wildman–Crippen MR) is 75.5 cm³/mol. The lowest BCUT2D eigenvalue weighted by molar-refractivity contribution is 0.563. The summed E-state index contributed by atoms with van der Waals surface area (Å²) in [7, 11) is 0. The third-order valence-corrected chi connectivity index (χ3v) is 3.94. The van der Waals surface area contributed by atoms with Crippen molar-refractivity contribution in [1.82, 2.24) is 0 Å². The molecular weight excluding hydrogens is 288 g/mol. The number of hydrogen-bond donors (Lipinski definition) is 1. The van der Waals surface area contributed by atoms with Crippen LogP contribution in [-0.2, 0) is 0 Å². The molecule has 0 aliphatic rings. The summed E-state index contributed by atoms with van der Waals surface area (Å²) in [6.07, 6.45) is 0. The Bertz CT molecular complexity index is 577. The normalized spacial score (nSPS) is 12.4. The first-order chi connectivity index (χ1) is 9.06. The summed E-state index contributed by atoms with van der Waals surface area (Å²) >= 11 is 7.35.